The lowest BCUT2D eigenvalue weighted by Gasteiger charge is -2.30. The van der Waals surface area contributed by atoms with Crippen LogP contribution in [0.5, 0.6) is 0 Å². The van der Waals surface area contributed by atoms with Crippen LogP contribution in [0.1, 0.15) is 31.2 Å². The second kappa shape index (κ2) is 6.88. The van der Waals surface area contributed by atoms with E-state index in [9.17, 15) is 5.11 Å². The van der Waals surface area contributed by atoms with Gasteiger partial charge in [-0.3, -0.25) is 0 Å². The highest BCUT2D eigenvalue weighted by atomic mass is 16.3. The molecule has 0 saturated heterocycles. The van der Waals surface area contributed by atoms with E-state index in [1.807, 2.05) is 18.2 Å². The summed E-state index contributed by atoms with van der Waals surface area (Å²) in [5, 5.41) is 13.1. The minimum atomic E-state index is 0.159. The molecule has 1 saturated carbocycles. The maximum Gasteiger partial charge on any atom is 0.0587 e. The van der Waals surface area contributed by atoms with Gasteiger partial charge in [0, 0.05) is 18.1 Å². The Morgan fingerprint density at radius 2 is 1.83 bits per heavy atom. The molecule has 2 rings (SSSR count). The Hall–Kier alpha value is -0.900. The number of nitrogens with one attached hydrogen (secondary N) is 1. The first-order valence-corrected chi connectivity index (χ1v) is 6.94. The topological polar surface area (TPSA) is 58.3 Å². The summed E-state index contributed by atoms with van der Waals surface area (Å²) in [6.07, 6.45) is 5.35. The van der Waals surface area contributed by atoms with Gasteiger partial charge in [-0.15, -0.1) is 0 Å². The molecule has 0 aliphatic heterocycles. The molecular formula is C15H24N2O. The van der Waals surface area contributed by atoms with E-state index in [1.165, 1.54) is 5.56 Å². The molecule has 0 bridgehead atoms. The van der Waals surface area contributed by atoms with Gasteiger partial charge in [0.15, 0.2) is 0 Å². The van der Waals surface area contributed by atoms with Gasteiger partial charge in [0.05, 0.1) is 6.61 Å². The number of aliphatic hydroxyl groups is 1. The first kappa shape index (κ1) is 13.5. The van der Waals surface area contributed by atoms with Crippen LogP contribution in [0.2, 0.25) is 0 Å². The molecule has 1 fully saturated rings. The van der Waals surface area contributed by atoms with Crippen LogP contribution in [0.15, 0.2) is 30.3 Å². The Morgan fingerprint density at radius 1 is 1.17 bits per heavy atom. The largest absolute Gasteiger partial charge is 0.395 e. The Balaban J connectivity index is 1.82. The van der Waals surface area contributed by atoms with Gasteiger partial charge in [0.2, 0.25) is 0 Å². The average molecular weight is 248 g/mol. The maximum absolute atomic E-state index is 9.48. The average Bonchev–Trinajstić information content (AvgIpc) is 2.41. The van der Waals surface area contributed by atoms with E-state index in [2.05, 4.69) is 17.4 Å². The van der Waals surface area contributed by atoms with Crippen LogP contribution in [0.4, 0.5) is 0 Å². The number of benzene rings is 1. The van der Waals surface area contributed by atoms with Gasteiger partial charge in [0.1, 0.15) is 0 Å². The molecule has 3 nitrogen and oxygen atoms in total. The summed E-state index contributed by atoms with van der Waals surface area (Å²) in [6, 6.07) is 11.4. The first-order valence-electron chi connectivity index (χ1n) is 6.94. The number of aliphatic hydroxyl groups excluding tert-OH is 1. The van der Waals surface area contributed by atoms with Crippen molar-refractivity contribution >= 4 is 0 Å². The summed E-state index contributed by atoms with van der Waals surface area (Å²) in [7, 11) is 0. The van der Waals surface area contributed by atoms with Crippen molar-refractivity contribution in [2.45, 2.75) is 50.2 Å². The highest BCUT2D eigenvalue weighted by Gasteiger charge is 2.20. The van der Waals surface area contributed by atoms with Gasteiger partial charge in [-0.05, 0) is 37.7 Å². The zero-order chi connectivity index (χ0) is 12.8. The van der Waals surface area contributed by atoms with Gasteiger partial charge >= 0.3 is 0 Å². The van der Waals surface area contributed by atoms with Crippen LogP contribution in [-0.2, 0) is 6.42 Å². The minimum Gasteiger partial charge on any atom is -0.395 e. The molecule has 100 valence electrons. The molecule has 1 aromatic rings. The Morgan fingerprint density at radius 3 is 2.44 bits per heavy atom. The number of hydrogen-bond acceptors (Lipinski definition) is 3. The molecule has 0 amide bonds. The zero-order valence-electron chi connectivity index (χ0n) is 10.9. The van der Waals surface area contributed by atoms with E-state index in [4.69, 9.17) is 5.73 Å². The maximum atomic E-state index is 9.48. The molecule has 0 aromatic heterocycles. The lowest BCUT2D eigenvalue weighted by molar-refractivity contribution is 0.214. The smallest absolute Gasteiger partial charge is 0.0587 e. The van der Waals surface area contributed by atoms with E-state index in [1.54, 1.807) is 0 Å². The molecule has 18 heavy (non-hydrogen) atoms. The van der Waals surface area contributed by atoms with Crippen LogP contribution in [0.25, 0.3) is 0 Å². The molecule has 1 atom stereocenters. The summed E-state index contributed by atoms with van der Waals surface area (Å²) < 4.78 is 0. The standard InChI is InChI=1S/C15H24N2O/c16-13-6-8-14(9-7-13)17-15(11-18)10-12-4-2-1-3-5-12/h1-5,13-15,17-18H,6-11,16H2/t13?,14?,15-/m1/s1. The molecule has 4 N–H and O–H groups in total. The van der Waals surface area contributed by atoms with Crippen LogP contribution in [-0.4, -0.2) is 29.8 Å². The van der Waals surface area contributed by atoms with Crippen molar-refractivity contribution in [3.8, 4) is 0 Å². The number of hydrogen-bond donors (Lipinski definition) is 3. The summed E-state index contributed by atoms with van der Waals surface area (Å²) in [6.45, 7) is 0.192. The van der Waals surface area contributed by atoms with Crippen LogP contribution in [0, 0.1) is 0 Å². The predicted molar refractivity (Wildman–Crippen MR) is 74.4 cm³/mol. The van der Waals surface area contributed by atoms with Crippen molar-refractivity contribution in [2.75, 3.05) is 6.61 Å². The van der Waals surface area contributed by atoms with Crippen molar-refractivity contribution in [1.82, 2.24) is 5.32 Å². The second-order valence-corrected chi connectivity index (χ2v) is 5.35. The third-order valence-electron chi connectivity index (χ3n) is 3.79. The lowest BCUT2D eigenvalue weighted by atomic mass is 9.91. The lowest BCUT2D eigenvalue weighted by Crippen LogP contribution is -2.45. The third kappa shape index (κ3) is 4.09. The molecule has 3 heteroatoms. The van der Waals surface area contributed by atoms with E-state index in [0.29, 0.717) is 12.1 Å². The van der Waals surface area contributed by atoms with Crippen molar-refractivity contribution in [3.05, 3.63) is 35.9 Å². The fraction of sp³-hybridized carbons (Fsp3) is 0.600. The first-order chi connectivity index (χ1) is 8.78. The Bertz CT molecular complexity index is 334. The van der Waals surface area contributed by atoms with Gasteiger partial charge in [-0.1, -0.05) is 30.3 Å². The van der Waals surface area contributed by atoms with Gasteiger partial charge < -0.3 is 16.2 Å². The normalized spacial score (nSPS) is 25.9. The van der Waals surface area contributed by atoms with Crippen molar-refractivity contribution in [3.63, 3.8) is 0 Å². The quantitative estimate of drug-likeness (QED) is 0.739. The van der Waals surface area contributed by atoms with E-state index >= 15 is 0 Å². The van der Waals surface area contributed by atoms with Gasteiger partial charge in [-0.2, -0.15) is 0 Å². The fourth-order valence-electron chi connectivity index (χ4n) is 2.69. The molecule has 0 spiro atoms. The van der Waals surface area contributed by atoms with Crippen molar-refractivity contribution in [2.24, 2.45) is 5.73 Å². The van der Waals surface area contributed by atoms with Crippen LogP contribution < -0.4 is 11.1 Å². The molecular weight excluding hydrogens is 224 g/mol. The second-order valence-electron chi connectivity index (χ2n) is 5.35. The van der Waals surface area contributed by atoms with Crippen LogP contribution >= 0.6 is 0 Å². The molecule has 1 aromatic carbocycles. The number of rotatable bonds is 5. The molecule has 0 heterocycles. The van der Waals surface area contributed by atoms with Gasteiger partial charge in [-0.25, -0.2) is 0 Å². The predicted octanol–water partition coefficient (Wildman–Crippen LogP) is 1.45. The SMILES string of the molecule is NC1CCC(N[C@@H](CO)Cc2ccccc2)CC1. The summed E-state index contributed by atoms with van der Waals surface area (Å²) in [5.74, 6) is 0. The van der Waals surface area contributed by atoms with Crippen LogP contribution in [0.3, 0.4) is 0 Å². The fourth-order valence-corrected chi connectivity index (χ4v) is 2.69. The van der Waals surface area contributed by atoms with E-state index in [0.717, 1.165) is 32.1 Å². The molecule has 1 aliphatic rings. The highest BCUT2D eigenvalue weighted by Crippen LogP contribution is 2.18. The summed E-state index contributed by atoms with van der Waals surface area (Å²) >= 11 is 0. The van der Waals surface area contributed by atoms with E-state index in [-0.39, 0.29) is 12.6 Å². The summed E-state index contributed by atoms with van der Waals surface area (Å²) in [5.41, 5.74) is 7.18. The highest BCUT2D eigenvalue weighted by molar-refractivity contribution is 5.16. The molecule has 0 radical (unpaired) electrons. The molecule has 1 aliphatic carbocycles. The van der Waals surface area contributed by atoms with E-state index < -0.39 is 0 Å². The summed E-state index contributed by atoms with van der Waals surface area (Å²) in [4.78, 5) is 0. The monoisotopic (exact) mass is 248 g/mol. The third-order valence-corrected chi connectivity index (χ3v) is 3.79. The van der Waals surface area contributed by atoms with Gasteiger partial charge in [0.25, 0.3) is 0 Å². The Labute approximate surface area is 109 Å². The number of nitrogens with two attached hydrogens (primary N) is 1. The zero-order valence-corrected chi connectivity index (χ0v) is 10.9. The molecule has 0 unspecified atom stereocenters. The van der Waals surface area contributed by atoms with Crippen molar-refractivity contribution < 1.29 is 5.11 Å². The minimum absolute atomic E-state index is 0.159. The van der Waals surface area contributed by atoms with Crippen molar-refractivity contribution in [1.29, 1.82) is 0 Å². The Kier molecular flexibility index (Phi) is 5.17.